The van der Waals surface area contributed by atoms with E-state index < -0.39 is 17.8 Å². The van der Waals surface area contributed by atoms with Crippen molar-refractivity contribution in [2.75, 3.05) is 19.7 Å². The number of hydrogen-bond acceptors (Lipinski definition) is 4. The van der Waals surface area contributed by atoms with Crippen molar-refractivity contribution in [3.8, 4) is 0 Å². The molecule has 6 heteroatoms. The Morgan fingerprint density at radius 2 is 1.74 bits per heavy atom. The van der Waals surface area contributed by atoms with Gasteiger partial charge in [0.1, 0.15) is 0 Å². The molecule has 0 rings (SSSR count). The molecule has 0 aliphatic carbocycles. The Kier molecular flexibility index (Phi) is 11.7. The number of nitrogens with one attached hydrogen (secondary N) is 2. The lowest BCUT2D eigenvalue weighted by Gasteiger charge is -2.15. The smallest absolute Gasteiger partial charge is 0.333 e. The molecule has 2 N–H and O–H groups in total. The highest BCUT2D eigenvalue weighted by molar-refractivity contribution is 6.35. The molecular weight excluding hydrogens is 296 g/mol. The number of esters is 1. The van der Waals surface area contributed by atoms with Crippen LogP contribution in [0.1, 0.15) is 52.9 Å². The maximum Gasteiger partial charge on any atom is 0.333 e. The van der Waals surface area contributed by atoms with Gasteiger partial charge in [-0.15, -0.1) is 0 Å². The first-order valence-electron chi connectivity index (χ1n) is 8.30. The van der Waals surface area contributed by atoms with Crippen molar-refractivity contribution in [2.45, 2.75) is 52.9 Å². The van der Waals surface area contributed by atoms with Gasteiger partial charge in [-0.2, -0.15) is 0 Å². The van der Waals surface area contributed by atoms with Crippen LogP contribution in [0.4, 0.5) is 0 Å². The zero-order valence-electron chi connectivity index (χ0n) is 14.6. The molecular formula is C17H30N2O4. The minimum atomic E-state index is -0.651. The van der Waals surface area contributed by atoms with Gasteiger partial charge in [0.2, 0.25) is 0 Å². The van der Waals surface area contributed by atoms with Gasteiger partial charge in [-0.25, -0.2) is 4.79 Å². The lowest BCUT2D eigenvalue weighted by Crippen LogP contribution is -2.42. The van der Waals surface area contributed by atoms with E-state index in [1.807, 2.05) is 0 Å². The first-order valence-corrected chi connectivity index (χ1v) is 8.30. The monoisotopic (exact) mass is 326 g/mol. The molecule has 0 radical (unpaired) electrons. The first kappa shape index (κ1) is 21.1. The van der Waals surface area contributed by atoms with Crippen LogP contribution in [-0.2, 0) is 19.1 Å². The average molecular weight is 326 g/mol. The first-order chi connectivity index (χ1) is 10.9. The highest BCUT2D eigenvalue weighted by Gasteiger charge is 2.14. The summed E-state index contributed by atoms with van der Waals surface area (Å²) in [4.78, 5) is 34.4. The minimum absolute atomic E-state index is 0.183. The quantitative estimate of drug-likeness (QED) is 0.263. The van der Waals surface area contributed by atoms with Crippen LogP contribution in [0.2, 0.25) is 0 Å². The molecule has 0 saturated heterocycles. The van der Waals surface area contributed by atoms with Crippen LogP contribution in [0, 0.1) is 5.92 Å². The van der Waals surface area contributed by atoms with Crippen molar-refractivity contribution in [3.63, 3.8) is 0 Å². The SMILES string of the molecule is C=C(C)C(=O)OCCCNC(=O)C(=O)NCC(CC)CCCC. The van der Waals surface area contributed by atoms with Crippen LogP contribution in [0.25, 0.3) is 0 Å². The molecule has 0 heterocycles. The molecule has 0 saturated carbocycles. The normalized spacial score (nSPS) is 11.4. The van der Waals surface area contributed by atoms with Crippen LogP contribution in [-0.4, -0.2) is 37.5 Å². The molecule has 23 heavy (non-hydrogen) atoms. The van der Waals surface area contributed by atoms with Crippen molar-refractivity contribution >= 4 is 17.8 Å². The van der Waals surface area contributed by atoms with Gasteiger partial charge >= 0.3 is 17.8 Å². The molecule has 1 unspecified atom stereocenters. The van der Waals surface area contributed by atoms with E-state index in [9.17, 15) is 14.4 Å². The molecule has 0 aliphatic rings. The lowest BCUT2D eigenvalue weighted by atomic mass is 9.99. The summed E-state index contributed by atoms with van der Waals surface area (Å²) >= 11 is 0. The minimum Gasteiger partial charge on any atom is -0.462 e. The van der Waals surface area contributed by atoms with Gasteiger partial charge in [0.05, 0.1) is 6.61 Å². The van der Waals surface area contributed by atoms with Gasteiger partial charge in [-0.05, 0) is 25.7 Å². The molecule has 0 aliphatic heterocycles. The van der Waals surface area contributed by atoms with Gasteiger partial charge in [0, 0.05) is 18.7 Å². The van der Waals surface area contributed by atoms with E-state index >= 15 is 0 Å². The molecule has 0 spiro atoms. The molecule has 6 nitrogen and oxygen atoms in total. The molecule has 1 atom stereocenters. The number of rotatable bonds is 11. The largest absolute Gasteiger partial charge is 0.462 e. The second-order valence-electron chi connectivity index (χ2n) is 5.65. The van der Waals surface area contributed by atoms with E-state index in [1.165, 1.54) is 0 Å². The van der Waals surface area contributed by atoms with E-state index in [4.69, 9.17) is 4.74 Å². The standard InChI is InChI=1S/C17H30N2O4/c1-5-7-9-14(6-2)12-19-16(21)15(20)18-10-8-11-23-17(22)13(3)4/h14H,3,5-12H2,1-2,4H3,(H,18,20)(H,19,21). The molecule has 0 fully saturated rings. The van der Waals surface area contributed by atoms with Gasteiger partial charge in [0.15, 0.2) is 0 Å². The van der Waals surface area contributed by atoms with E-state index in [0.29, 0.717) is 24.5 Å². The van der Waals surface area contributed by atoms with Crippen molar-refractivity contribution < 1.29 is 19.1 Å². The number of carbonyl (C=O) groups excluding carboxylic acids is 3. The molecule has 0 aromatic rings. The third-order valence-electron chi connectivity index (χ3n) is 3.49. The summed E-state index contributed by atoms with van der Waals surface area (Å²) in [7, 11) is 0. The highest BCUT2D eigenvalue weighted by Crippen LogP contribution is 2.10. The van der Waals surface area contributed by atoms with Crippen molar-refractivity contribution in [1.29, 1.82) is 0 Å². The fraction of sp³-hybridized carbons (Fsp3) is 0.706. The third-order valence-corrected chi connectivity index (χ3v) is 3.49. The van der Waals surface area contributed by atoms with Crippen LogP contribution in [0.15, 0.2) is 12.2 Å². The molecule has 0 aromatic heterocycles. The van der Waals surface area contributed by atoms with Gasteiger partial charge in [-0.3, -0.25) is 9.59 Å². The zero-order valence-corrected chi connectivity index (χ0v) is 14.6. The fourth-order valence-electron chi connectivity index (χ4n) is 1.90. The van der Waals surface area contributed by atoms with Crippen LogP contribution in [0.3, 0.4) is 0 Å². The topological polar surface area (TPSA) is 84.5 Å². The Morgan fingerprint density at radius 3 is 2.30 bits per heavy atom. The predicted molar refractivity (Wildman–Crippen MR) is 89.7 cm³/mol. The van der Waals surface area contributed by atoms with E-state index in [0.717, 1.165) is 25.7 Å². The van der Waals surface area contributed by atoms with Gasteiger partial charge in [-0.1, -0.05) is 39.7 Å². The third kappa shape index (κ3) is 10.5. The molecule has 132 valence electrons. The van der Waals surface area contributed by atoms with E-state index in [2.05, 4.69) is 31.1 Å². The summed E-state index contributed by atoms with van der Waals surface area (Å²) in [5.41, 5.74) is 0.335. The summed E-state index contributed by atoms with van der Waals surface area (Å²) in [6.07, 6.45) is 4.75. The summed E-state index contributed by atoms with van der Waals surface area (Å²) in [6.45, 7) is 10.2. The number of unbranched alkanes of at least 4 members (excludes halogenated alkanes) is 1. The Bertz CT molecular complexity index is 407. The van der Waals surface area contributed by atoms with Crippen LogP contribution in [0.5, 0.6) is 0 Å². The second kappa shape index (κ2) is 12.7. The van der Waals surface area contributed by atoms with Crippen LogP contribution < -0.4 is 10.6 Å². The van der Waals surface area contributed by atoms with Crippen molar-refractivity contribution in [3.05, 3.63) is 12.2 Å². The number of hydrogen-bond donors (Lipinski definition) is 2. The predicted octanol–water partition coefficient (Wildman–Crippen LogP) is 1.94. The molecule has 2 amide bonds. The Labute approximate surface area is 139 Å². The fourth-order valence-corrected chi connectivity index (χ4v) is 1.90. The van der Waals surface area contributed by atoms with E-state index in [1.54, 1.807) is 6.92 Å². The maximum absolute atomic E-state index is 11.7. The average Bonchev–Trinajstić information content (AvgIpc) is 2.53. The lowest BCUT2D eigenvalue weighted by molar-refractivity contribution is -0.140. The molecule has 0 aromatic carbocycles. The molecule has 0 bridgehead atoms. The highest BCUT2D eigenvalue weighted by atomic mass is 16.5. The number of amides is 2. The van der Waals surface area contributed by atoms with Crippen molar-refractivity contribution in [1.82, 2.24) is 10.6 Å². The summed E-state index contributed by atoms with van der Waals surface area (Å²) < 4.78 is 4.89. The van der Waals surface area contributed by atoms with Crippen LogP contribution >= 0.6 is 0 Å². The zero-order chi connectivity index (χ0) is 17.7. The Morgan fingerprint density at radius 1 is 1.09 bits per heavy atom. The number of ether oxygens (including phenoxy) is 1. The summed E-state index contributed by atoms with van der Waals surface area (Å²) in [5.74, 6) is -1.31. The summed E-state index contributed by atoms with van der Waals surface area (Å²) in [6, 6.07) is 0. The maximum atomic E-state index is 11.7. The Hall–Kier alpha value is -1.85. The van der Waals surface area contributed by atoms with Gasteiger partial charge in [0.25, 0.3) is 0 Å². The van der Waals surface area contributed by atoms with Crippen molar-refractivity contribution in [2.24, 2.45) is 5.92 Å². The second-order valence-corrected chi connectivity index (χ2v) is 5.65. The van der Waals surface area contributed by atoms with Gasteiger partial charge < -0.3 is 15.4 Å². The Balaban J connectivity index is 3.83. The number of carbonyl (C=O) groups is 3. The van der Waals surface area contributed by atoms with E-state index in [-0.39, 0.29) is 13.2 Å². The summed E-state index contributed by atoms with van der Waals surface area (Å²) in [5, 5.41) is 5.17.